The maximum atomic E-state index is 12.4. The second kappa shape index (κ2) is 7.59. The number of rotatable bonds is 7. The van der Waals surface area contributed by atoms with Crippen LogP contribution in [0.1, 0.15) is 56.1 Å². The Labute approximate surface area is 114 Å². The number of hydrogen-bond donors (Lipinski definition) is 1. The molecule has 19 heavy (non-hydrogen) atoms. The van der Waals surface area contributed by atoms with Crippen LogP contribution in [0.2, 0.25) is 0 Å². The first-order valence-electron chi connectivity index (χ1n) is 7.33. The zero-order valence-electron chi connectivity index (χ0n) is 11.4. The van der Waals surface area contributed by atoms with Crippen molar-refractivity contribution in [2.24, 2.45) is 5.92 Å². The summed E-state index contributed by atoms with van der Waals surface area (Å²) in [5.41, 5.74) is 1.18. The van der Waals surface area contributed by atoms with Gasteiger partial charge in [0.05, 0.1) is 0 Å². The van der Waals surface area contributed by atoms with Gasteiger partial charge in [0.2, 0.25) is 0 Å². The number of alkyl halides is 2. The average Bonchev–Trinajstić information content (AvgIpc) is 2.92. The van der Waals surface area contributed by atoms with Gasteiger partial charge in [-0.25, -0.2) is 8.78 Å². The van der Waals surface area contributed by atoms with Crippen LogP contribution in [-0.4, -0.2) is 6.54 Å². The summed E-state index contributed by atoms with van der Waals surface area (Å²) in [6, 6.07) is 6.59. The summed E-state index contributed by atoms with van der Waals surface area (Å²) in [5, 5.41) is 3.39. The summed E-state index contributed by atoms with van der Waals surface area (Å²) < 4.78 is 24.8. The van der Waals surface area contributed by atoms with E-state index in [1.807, 2.05) is 0 Å². The molecule has 3 heteroatoms. The summed E-state index contributed by atoms with van der Waals surface area (Å²) >= 11 is 0. The fourth-order valence-corrected chi connectivity index (χ4v) is 2.83. The lowest BCUT2D eigenvalue weighted by Gasteiger charge is -2.09. The maximum absolute atomic E-state index is 12.4. The topological polar surface area (TPSA) is 12.0 Å². The predicted octanol–water partition coefficient (Wildman–Crippen LogP) is 4.68. The smallest absolute Gasteiger partial charge is 0.263 e. The van der Waals surface area contributed by atoms with Crippen molar-refractivity contribution in [1.29, 1.82) is 0 Å². The van der Waals surface area contributed by atoms with Gasteiger partial charge >= 0.3 is 0 Å². The van der Waals surface area contributed by atoms with E-state index in [1.165, 1.54) is 50.7 Å². The van der Waals surface area contributed by atoms with E-state index >= 15 is 0 Å². The van der Waals surface area contributed by atoms with Crippen molar-refractivity contribution in [3.63, 3.8) is 0 Å². The molecule has 1 aromatic rings. The summed E-state index contributed by atoms with van der Waals surface area (Å²) in [6.07, 6.45) is 5.83. The zero-order valence-corrected chi connectivity index (χ0v) is 11.4. The number of halogens is 2. The van der Waals surface area contributed by atoms with E-state index in [9.17, 15) is 8.78 Å². The van der Waals surface area contributed by atoms with Gasteiger partial charge in [-0.3, -0.25) is 0 Å². The van der Waals surface area contributed by atoms with Crippen LogP contribution in [0.15, 0.2) is 24.3 Å². The first kappa shape index (κ1) is 14.4. The molecule has 0 radical (unpaired) electrons. The van der Waals surface area contributed by atoms with E-state index < -0.39 is 6.43 Å². The Morgan fingerprint density at radius 1 is 1.11 bits per heavy atom. The van der Waals surface area contributed by atoms with Crippen molar-refractivity contribution < 1.29 is 8.78 Å². The molecular formula is C16H23F2N. The Hall–Kier alpha value is -0.960. The molecule has 0 heterocycles. The van der Waals surface area contributed by atoms with Gasteiger partial charge < -0.3 is 5.32 Å². The highest BCUT2D eigenvalue weighted by Crippen LogP contribution is 2.28. The van der Waals surface area contributed by atoms with Crippen molar-refractivity contribution >= 4 is 0 Å². The van der Waals surface area contributed by atoms with Crippen molar-refractivity contribution in [2.75, 3.05) is 6.54 Å². The largest absolute Gasteiger partial charge is 0.313 e. The minimum atomic E-state index is -2.37. The Bertz CT molecular complexity index is 356. The van der Waals surface area contributed by atoms with Gasteiger partial charge in [0.1, 0.15) is 0 Å². The highest BCUT2D eigenvalue weighted by molar-refractivity contribution is 5.23. The summed E-state index contributed by atoms with van der Waals surface area (Å²) in [6.45, 7) is 1.79. The second-order valence-electron chi connectivity index (χ2n) is 5.51. The third-order valence-corrected chi connectivity index (χ3v) is 4.00. The lowest BCUT2D eigenvalue weighted by atomic mass is 10.0. The molecule has 1 aliphatic carbocycles. The Kier molecular flexibility index (Phi) is 5.77. The fraction of sp³-hybridized carbons (Fsp3) is 0.625. The van der Waals surface area contributed by atoms with Crippen LogP contribution in [0.3, 0.4) is 0 Å². The van der Waals surface area contributed by atoms with Crippen LogP contribution in [0.25, 0.3) is 0 Å². The molecule has 0 atom stereocenters. The molecule has 0 bridgehead atoms. The fourth-order valence-electron chi connectivity index (χ4n) is 2.83. The van der Waals surface area contributed by atoms with E-state index in [2.05, 4.69) is 5.32 Å². The van der Waals surface area contributed by atoms with Crippen molar-refractivity contribution in [1.82, 2.24) is 5.32 Å². The standard InChI is InChI=1S/C16H23F2N/c17-16(18)15-9-7-14(8-10-15)12-19-11-3-6-13-4-1-2-5-13/h7-10,13,16,19H,1-6,11-12H2. The highest BCUT2D eigenvalue weighted by Gasteiger charge is 2.13. The van der Waals surface area contributed by atoms with E-state index in [-0.39, 0.29) is 5.56 Å². The summed E-state index contributed by atoms with van der Waals surface area (Å²) in [4.78, 5) is 0. The number of hydrogen-bond acceptors (Lipinski definition) is 1. The Morgan fingerprint density at radius 2 is 1.79 bits per heavy atom. The molecule has 0 aliphatic heterocycles. The van der Waals surface area contributed by atoms with Gasteiger partial charge in [-0.1, -0.05) is 49.9 Å². The lowest BCUT2D eigenvalue weighted by Crippen LogP contribution is -2.15. The van der Waals surface area contributed by atoms with E-state index in [0.29, 0.717) is 0 Å². The number of benzene rings is 1. The van der Waals surface area contributed by atoms with Crippen molar-refractivity contribution in [2.45, 2.75) is 51.5 Å². The van der Waals surface area contributed by atoms with Crippen LogP contribution in [0.5, 0.6) is 0 Å². The first-order valence-corrected chi connectivity index (χ1v) is 7.33. The Balaban J connectivity index is 1.59. The molecule has 1 saturated carbocycles. The van der Waals surface area contributed by atoms with Gasteiger partial charge in [0.15, 0.2) is 0 Å². The van der Waals surface area contributed by atoms with Gasteiger partial charge in [-0.05, 0) is 30.9 Å². The summed E-state index contributed by atoms with van der Waals surface area (Å²) in [5.74, 6) is 0.951. The van der Waals surface area contributed by atoms with Crippen LogP contribution in [-0.2, 0) is 6.54 Å². The SMILES string of the molecule is FC(F)c1ccc(CNCCCC2CCCC2)cc1. The normalized spacial score (nSPS) is 16.4. The van der Waals surface area contributed by atoms with Crippen molar-refractivity contribution in [3.8, 4) is 0 Å². The van der Waals surface area contributed by atoms with Gasteiger partial charge in [0.25, 0.3) is 6.43 Å². The van der Waals surface area contributed by atoms with E-state index in [1.54, 1.807) is 12.1 Å². The monoisotopic (exact) mass is 267 g/mol. The minimum absolute atomic E-state index is 0.102. The average molecular weight is 267 g/mol. The van der Waals surface area contributed by atoms with Gasteiger partial charge in [-0.2, -0.15) is 0 Å². The lowest BCUT2D eigenvalue weighted by molar-refractivity contribution is 0.151. The molecule has 0 spiro atoms. The van der Waals surface area contributed by atoms with Crippen LogP contribution < -0.4 is 5.32 Å². The number of nitrogens with one attached hydrogen (secondary N) is 1. The third-order valence-electron chi connectivity index (χ3n) is 4.00. The van der Waals surface area contributed by atoms with Crippen LogP contribution >= 0.6 is 0 Å². The molecule has 0 amide bonds. The summed E-state index contributed by atoms with van der Waals surface area (Å²) in [7, 11) is 0. The molecule has 1 fully saturated rings. The van der Waals surface area contributed by atoms with E-state index in [0.717, 1.165) is 24.6 Å². The molecule has 1 aliphatic rings. The molecular weight excluding hydrogens is 244 g/mol. The molecule has 1 N–H and O–H groups in total. The molecule has 1 aromatic carbocycles. The zero-order chi connectivity index (χ0) is 13.5. The van der Waals surface area contributed by atoms with Crippen molar-refractivity contribution in [3.05, 3.63) is 35.4 Å². The van der Waals surface area contributed by atoms with E-state index in [4.69, 9.17) is 0 Å². The molecule has 0 unspecified atom stereocenters. The van der Waals surface area contributed by atoms with Gasteiger partial charge in [-0.15, -0.1) is 0 Å². The molecule has 1 nitrogen and oxygen atoms in total. The third kappa shape index (κ3) is 4.90. The van der Waals surface area contributed by atoms with Crippen LogP contribution in [0, 0.1) is 5.92 Å². The molecule has 2 rings (SSSR count). The highest BCUT2D eigenvalue weighted by atomic mass is 19.3. The molecule has 0 aromatic heterocycles. The van der Waals surface area contributed by atoms with Crippen LogP contribution in [0.4, 0.5) is 8.78 Å². The quantitative estimate of drug-likeness (QED) is 0.707. The molecule has 0 saturated heterocycles. The predicted molar refractivity (Wildman–Crippen MR) is 74.3 cm³/mol. The Morgan fingerprint density at radius 3 is 2.42 bits per heavy atom. The molecule has 106 valence electrons. The van der Waals surface area contributed by atoms with Gasteiger partial charge in [0, 0.05) is 12.1 Å². The minimum Gasteiger partial charge on any atom is -0.313 e. The maximum Gasteiger partial charge on any atom is 0.263 e. The first-order chi connectivity index (χ1) is 9.25. The second-order valence-corrected chi connectivity index (χ2v) is 5.51.